The third-order valence-corrected chi connectivity index (χ3v) is 4.37. The van der Waals surface area contributed by atoms with Crippen LogP contribution in [0.2, 0.25) is 0 Å². The lowest BCUT2D eigenvalue weighted by Gasteiger charge is -2.12. The van der Waals surface area contributed by atoms with E-state index in [4.69, 9.17) is 9.47 Å². The van der Waals surface area contributed by atoms with Crippen molar-refractivity contribution in [1.82, 2.24) is 9.50 Å². The van der Waals surface area contributed by atoms with Crippen LogP contribution in [0.5, 0.6) is 0 Å². The minimum Gasteiger partial charge on any atom is -0.462 e. The number of amides is 1. The monoisotopic (exact) mass is 398 g/mol. The molecule has 0 fully saturated rings. The molecule has 2 aromatic heterocycles. The van der Waals surface area contributed by atoms with Gasteiger partial charge in [-0.2, -0.15) is 0 Å². The Balaban J connectivity index is 1.96. The number of esters is 1. The summed E-state index contributed by atoms with van der Waals surface area (Å²) in [6, 6.07) is 7.21. The van der Waals surface area contributed by atoms with E-state index in [0.717, 1.165) is 16.8 Å². The number of aromatic nitrogens is 3. The number of carbonyl (C=O) groups excluding carboxylic acids is 2. The van der Waals surface area contributed by atoms with Crippen LogP contribution in [0.3, 0.4) is 0 Å². The number of ether oxygens (including phenoxy) is 2. The number of aromatic amines is 1. The second-order valence-corrected chi connectivity index (χ2v) is 6.33. The van der Waals surface area contributed by atoms with Gasteiger partial charge in [0.1, 0.15) is 5.52 Å². The van der Waals surface area contributed by atoms with Gasteiger partial charge in [0.2, 0.25) is 6.20 Å². The molecule has 1 amide bonds. The van der Waals surface area contributed by atoms with Gasteiger partial charge >= 0.3 is 12.1 Å². The summed E-state index contributed by atoms with van der Waals surface area (Å²) < 4.78 is 11.9. The zero-order valence-electron chi connectivity index (χ0n) is 16.8. The first-order valence-corrected chi connectivity index (χ1v) is 9.32. The molecule has 0 bridgehead atoms. The number of aryl methyl sites for hydroxylation is 2. The minimum absolute atomic E-state index is 0.292. The van der Waals surface area contributed by atoms with Crippen molar-refractivity contribution >= 4 is 34.9 Å². The third-order valence-electron chi connectivity index (χ3n) is 4.37. The molecule has 0 saturated heterocycles. The van der Waals surface area contributed by atoms with Gasteiger partial charge in [-0.25, -0.2) is 9.59 Å². The minimum atomic E-state index is -0.517. The Bertz CT molecular complexity index is 1060. The highest BCUT2D eigenvalue weighted by Crippen LogP contribution is 2.25. The molecule has 0 atom stereocenters. The zero-order valence-corrected chi connectivity index (χ0v) is 16.8. The van der Waals surface area contributed by atoms with Crippen molar-refractivity contribution in [1.29, 1.82) is 0 Å². The van der Waals surface area contributed by atoms with Crippen LogP contribution >= 0.6 is 0 Å². The number of nitrogens with zero attached hydrogens (tertiary/aromatic N) is 2. The second-order valence-electron chi connectivity index (χ2n) is 6.33. The summed E-state index contributed by atoms with van der Waals surface area (Å²) in [5.74, 6) is 0.114. The molecule has 1 aromatic carbocycles. The Labute approximate surface area is 168 Å². The number of anilines is 3. The smallest absolute Gasteiger partial charge is 0.411 e. The predicted octanol–water partition coefficient (Wildman–Crippen LogP) is 3.25. The van der Waals surface area contributed by atoms with E-state index in [1.165, 1.54) is 0 Å². The summed E-state index contributed by atoms with van der Waals surface area (Å²) in [6.45, 7) is 7.88. The topological polar surface area (TPSA) is 108 Å². The summed E-state index contributed by atoms with van der Waals surface area (Å²) in [5.41, 5.74) is 4.24. The first kappa shape index (κ1) is 20.1. The molecule has 2 heterocycles. The summed E-state index contributed by atoms with van der Waals surface area (Å²) in [5, 5.41) is 13.1. The van der Waals surface area contributed by atoms with Crippen LogP contribution < -0.4 is 15.7 Å². The van der Waals surface area contributed by atoms with Crippen molar-refractivity contribution in [3.05, 3.63) is 47.3 Å². The number of carbonyl (C=O) groups is 2. The molecular formula is C20H24N5O4+. The molecule has 152 valence electrons. The molecule has 0 radical (unpaired) electrons. The standard InChI is InChI=1S/C20H23N5O4/c1-5-28-18(26)16-10-15-11-21-24-19(25(15)13(16)4)23-17-9-14(8-7-12(17)3)22-20(27)29-6-2/h7-11H,5-6H2,1-4H3,(H,22,27)(H,23,24)/p+1. The normalized spacial score (nSPS) is 10.6. The van der Waals surface area contributed by atoms with Crippen molar-refractivity contribution in [3.8, 4) is 0 Å². The van der Waals surface area contributed by atoms with E-state index < -0.39 is 6.09 Å². The number of rotatable bonds is 6. The van der Waals surface area contributed by atoms with E-state index in [-0.39, 0.29) is 5.97 Å². The molecule has 0 aliphatic rings. The zero-order chi connectivity index (χ0) is 21.0. The Kier molecular flexibility index (Phi) is 5.96. The van der Waals surface area contributed by atoms with E-state index in [0.29, 0.717) is 36.1 Å². The highest BCUT2D eigenvalue weighted by molar-refractivity contribution is 5.93. The molecule has 29 heavy (non-hydrogen) atoms. The van der Waals surface area contributed by atoms with Crippen LogP contribution in [-0.4, -0.2) is 34.8 Å². The Hall–Kier alpha value is -3.62. The fourth-order valence-corrected chi connectivity index (χ4v) is 2.97. The summed E-state index contributed by atoms with van der Waals surface area (Å²) in [7, 11) is 0. The van der Waals surface area contributed by atoms with Crippen molar-refractivity contribution in [2.75, 3.05) is 23.8 Å². The van der Waals surface area contributed by atoms with E-state index >= 15 is 0 Å². The number of H-pyrrole nitrogens is 1. The quantitative estimate of drug-likeness (QED) is 0.617. The van der Waals surface area contributed by atoms with Gasteiger partial charge in [0, 0.05) is 22.2 Å². The Morgan fingerprint density at radius 3 is 2.62 bits per heavy atom. The Morgan fingerprint density at radius 2 is 1.90 bits per heavy atom. The highest BCUT2D eigenvalue weighted by Gasteiger charge is 2.19. The van der Waals surface area contributed by atoms with E-state index in [9.17, 15) is 9.59 Å². The largest absolute Gasteiger partial charge is 0.462 e. The molecule has 9 nitrogen and oxygen atoms in total. The predicted molar refractivity (Wildman–Crippen MR) is 108 cm³/mol. The average molecular weight is 398 g/mol. The maximum Gasteiger partial charge on any atom is 0.411 e. The Morgan fingerprint density at radius 1 is 1.14 bits per heavy atom. The second kappa shape index (κ2) is 8.59. The van der Waals surface area contributed by atoms with Gasteiger partial charge in [-0.05, 0) is 51.5 Å². The van der Waals surface area contributed by atoms with Crippen LogP contribution in [0.1, 0.15) is 35.5 Å². The van der Waals surface area contributed by atoms with E-state index in [2.05, 4.69) is 20.8 Å². The van der Waals surface area contributed by atoms with Crippen LogP contribution in [0.15, 0.2) is 30.5 Å². The van der Waals surface area contributed by atoms with Gasteiger partial charge < -0.3 is 14.8 Å². The first-order valence-electron chi connectivity index (χ1n) is 9.32. The summed E-state index contributed by atoms with van der Waals surface area (Å²) in [6.07, 6.45) is 1.18. The maximum atomic E-state index is 12.2. The van der Waals surface area contributed by atoms with Gasteiger partial charge in [-0.15, -0.1) is 5.10 Å². The van der Waals surface area contributed by atoms with Gasteiger partial charge in [0.05, 0.1) is 18.8 Å². The SMILES string of the molecule is CCOC(=O)Nc1ccc(C)c(Nc2n[nH+]cc3cc(C(=O)OCC)c(C)n23)c1. The van der Waals surface area contributed by atoms with E-state index in [1.807, 2.05) is 24.3 Å². The van der Waals surface area contributed by atoms with Gasteiger partial charge in [0.15, 0.2) is 0 Å². The van der Waals surface area contributed by atoms with Crippen LogP contribution in [0.4, 0.5) is 22.1 Å². The summed E-state index contributed by atoms with van der Waals surface area (Å²) in [4.78, 5) is 23.9. The number of benzene rings is 1. The molecule has 0 aliphatic heterocycles. The van der Waals surface area contributed by atoms with Crippen molar-refractivity contribution in [2.24, 2.45) is 0 Å². The molecule has 3 aromatic rings. The van der Waals surface area contributed by atoms with Gasteiger partial charge in [-0.1, -0.05) is 6.07 Å². The van der Waals surface area contributed by atoms with Crippen molar-refractivity contribution < 1.29 is 24.2 Å². The number of hydrogen-bond acceptors (Lipinski definition) is 6. The molecule has 0 unspecified atom stereocenters. The lowest BCUT2D eigenvalue weighted by atomic mass is 10.2. The molecular weight excluding hydrogens is 374 g/mol. The molecule has 0 aliphatic carbocycles. The third kappa shape index (κ3) is 4.29. The number of nitrogens with one attached hydrogen (secondary N) is 3. The van der Waals surface area contributed by atoms with Gasteiger partial charge in [-0.3, -0.25) is 9.72 Å². The highest BCUT2D eigenvalue weighted by atomic mass is 16.5. The molecule has 3 rings (SSSR count). The van der Waals surface area contributed by atoms with Crippen molar-refractivity contribution in [3.63, 3.8) is 0 Å². The lowest BCUT2D eigenvalue weighted by molar-refractivity contribution is -0.452. The molecule has 9 heteroatoms. The van der Waals surface area contributed by atoms with Crippen LogP contribution in [-0.2, 0) is 9.47 Å². The first-order chi connectivity index (χ1) is 13.9. The molecule has 3 N–H and O–H groups in total. The van der Waals surface area contributed by atoms with Crippen LogP contribution in [0.25, 0.3) is 5.52 Å². The number of fused-ring (bicyclic) bond motifs is 1. The van der Waals surface area contributed by atoms with Crippen LogP contribution in [0, 0.1) is 13.8 Å². The number of hydrogen-bond donors (Lipinski definition) is 2. The molecule has 0 spiro atoms. The van der Waals surface area contributed by atoms with Crippen molar-refractivity contribution in [2.45, 2.75) is 27.7 Å². The average Bonchev–Trinajstić information content (AvgIpc) is 3.03. The molecule has 0 saturated carbocycles. The summed E-state index contributed by atoms with van der Waals surface area (Å²) >= 11 is 0. The maximum absolute atomic E-state index is 12.2. The lowest BCUT2D eigenvalue weighted by Crippen LogP contribution is -2.16. The van der Waals surface area contributed by atoms with Gasteiger partial charge in [0.25, 0.3) is 5.95 Å². The fourth-order valence-electron chi connectivity index (χ4n) is 2.97. The van der Waals surface area contributed by atoms with E-state index in [1.54, 1.807) is 38.2 Å². The fraction of sp³-hybridized carbons (Fsp3) is 0.300.